The molecule has 3 nitrogen and oxygen atoms in total. The number of carbonyl (C=O) groups is 2. The molecule has 0 aliphatic rings. The van der Waals surface area contributed by atoms with Gasteiger partial charge in [-0.25, -0.2) is 0 Å². The molecule has 0 aliphatic heterocycles. The van der Waals surface area contributed by atoms with Crippen molar-refractivity contribution in [2.45, 2.75) is 39.5 Å². The first-order chi connectivity index (χ1) is 5.50. The van der Waals surface area contributed by atoms with Gasteiger partial charge in [0.15, 0.2) is 0 Å². The van der Waals surface area contributed by atoms with Crippen molar-refractivity contribution in [3.63, 3.8) is 0 Å². The molecule has 0 saturated carbocycles. The predicted molar refractivity (Wildman–Crippen MR) is 42.5 cm³/mol. The summed E-state index contributed by atoms with van der Waals surface area (Å²) in [7, 11) is 0. The Bertz CT molecular complexity index is 130. The Hall–Kier alpha value is -0.328. The molecule has 0 aromatic heterocycles. The summed E-state index contributed by atoms with van der Waals surface area (Å²) in [6, 6.07) is 0. The van der Waals surface area contributed by atoms with Crippen molar-refractivity contribution in [3.8, 4) is 0 Å². The third kappa shape index (κ3) is 33.3. The van der Waals surface area contributed by atoms with Crippen LogP contribution in [0.3, 0.4) is 0 Å². The molecule has 0 radical (unpaired) electrons. The van der Waals surface area contributed by atoms with Crippen LogP contribution in [0.4, 0.5) is 0 Å². The number of carboxylic acids is 1. The first kappa shape index (κ1) is 14.2. The normalized spacial score (nSPS) is 8.17. The van der Waals surface area contributed by atoms with Crippen LogP contribution < -0.4 is 0 Å². The van der Waals surface area contributed by atoms with Gasteiger partial charge in [-0.15, -0.1) is 0 Å². The van der Waals surface area contributed by atoms with Gasteiger partial charge in [0, 0.05) is 6.92 Å². The van der Waals surface area contributed by atoms with Crippen molar-refractivity contribution in [1.82, 2.24) is 0 Å². The predicted octanol–water partition coefficient (Wildman–Crippen LogP) is 1.73. The van der Waals surface area contributed by atoms with Crippen LogP contribution in [0.2, 0.25) is 0 Å². The molecule has 71 valence electrons. The molecular formula is C8H15CrO3. The van der Waals surface area contributed by atoms with Crippen LogP contribution in [0.5, 0.6) is 0 Å². The van der Waals surface area contributed by atoms with Gasteiger partial charge in [-0.1, -0.05) is 0 Å². The Morgan fingerprint density at radius 3 is 2.00 bits per heavy atom. The van der Waals surface area contributed by atoms with Gasteiger partial charge in [-0.05, 0) is 0 Å². The maximum atomic E-state index is 10.3. The van der Waals surface area contributed by atoms with Crippen LogP contribution in [0.25, 0.3) is 0 Å². The Balaban J connectivity index is 0. The number of rotatable bonds is 4. The van der Waals surface area contributed by atoms with Gasteiger partial charge < -0.3 is 5.11 Å². The molecule has 0 heterocycles. The van der Waals surface area contributed by atoms with E-state index in [1.165, 1.54) is 12.8 Å². The summed E-state index contributed by atoms with van der Waals surface area (Å²) < 4.78 is 0.193. The molecule has 0 unspecified atom stereocenters. The fourth-order valence-electron chi connectivity index (χ4n) is 0.519. The third-order valence-corrected chi connectivity index (χ3v) is 1.30. The Morgan fingerprint density at radius 2 is 1.75 bits per heavy atom. The zero-order valence-corrected chi connectivity index (χ0v) is 8.78. The van der Waals surface area contributed by atoms with Crippen molar-refractivity contribution in [3.05, 3.63) is 0 Å². The van der Waals surface area contributed by atoms with E-state index in [0.29, 0.717) is 6.42 Å². The van der Waals surface area contributed by atoms with Crippen LogP contribution in [-0.2, 0) is 25.9 Å². The van der Waals surface area contributed by atoms with E-state index in [9.17, 15) is 4.79 Å². The molecule has 0 fully saturated rings. The number of aliphatic carboxylic acids is 1. The third-order valence-electron chi connectivity index (χ3n) is 0.984. The van der Waals surface area contributed by atoms with Crippen LogP contribution in [-0.4, -0.2) is 15.7 Å². The minimum atomic E-state index is -0.833. The van der Waals surface area contributed by atoms with Crippen molar-refractivity contribution >= 4 is 10.6 Å². The number of hydrogen-bond donors (Lipinski definition) is 1. The standard InChI is InChI=1S/C6H11O.C2H4O2.Cr/c1-2-3-4-5-6-7;1-2(3)4;/h2-5H2,1H3;1H3,(H,3,4);. The topological polar surface area (TPSA) is 54.4 Å². The van der Waals surface area contributed by atoms with Gasteiger partial charge in [0.05, 0.1) is 0 Å². The van der Waals surface area contributed by atoms with Crippen molar-refractivity contribution in [1.29, 1.82) is 0 Å². The first-order valence-corrected chi connectivity index (χ1v) is 4.53. The van der Waals surface area contributed by atoms with E-state index < -0.39 is 5.97 Å². The summed E-state index contributed by atoms with van der Waals surface area (Å²) in [6.45, 7) is 3.21. The SMILES string of the molecule is CC(=O)O.CCCCC[C](=O)[Cr]. The average molecular weight is 211 g/mol. The number of carboxylic acid groups (broad SMARTS) is 1. The maximum absolute atomic E-state index is 10.3. The second-order valence-electron chi connectivity index (χ2n) is 2.35. The molecule has 0 saturated heterocycles. The van der Waals surface area contributed by atoms with E-state index in [1.54, 1.807) is 0 Å². The number of carbonyl (C=O) groups excluding carboxylic acids is 1. The molecule has 0 bridgehead atoms. The van der Waals surface area contributed by atoms with Gasteiger partial charge in [-0.3, -0.25) is 4.79 Å². The van der Waals surface area contributed by atoms with E-state index in [2.05, 4.69) is 23.2 Å². The van der Waals surface area contributed by atoms with Gasteiger partial charge in [0.25, 0.3) is 5.97 Å². The van der Waals surface area contributed by atoms with Gasteiger partial charge in [0.1, 0.15) is 0 Å². The van der Waals surface area contributed by atoms with Crippen LogP contribution >= 0.6 is 0 Å². The summed E-state index contributed by atoms with van der Waals surface area (Å²) in [5.74, 6) is -0.833. The Morgan fingerprint density at radius 1 is 1.33 bits per heavy atom. The summed E-state index contributed by atoms with van der Waals surface area (Å²) >= 11 is 2.46. The van der Waals surface area contributed by atoms with E-state index in [4.69, 9.17) is 9.90 Å². The molecule has 0 amide bonds. The summed E-state index contributed by atoms with van der Waals surface area (Å²) in [6.07, 6.45) is 4.12. The van der Waals surface area contributed by atoms with Gasteiger partial charge in [-0.2, -0.15) is 0 Å². The fraction of sp³-hybridized carbons (Fsp3) is 0.750. The quantitative estimate of drug-likeness (QED) is 0.720. The first-order valence-electron chi connectivity index (χ1n) is 3.90. The minimum absolute atomic E-state index is 0.193. The fourth-order valence-corrected chi connectivity index (χ4v) is 0.745. The second-order valence-corrected chi connectivity index (χ2v) is 3.06. The average Bonchev–Trinajstić information content (AvgIpc) is 1.86. The van der Waals surface area contributed by atoms with Crippen LogP contribution in [0.1, 0.15) is 39.5 Å². The van der Waals surface area contributed by atoms with E-state index in [1.807, 2.05) is 0 Å². The Labute approximate surface area is 81.6 Å². The molecule has 0 atom stereocenters. The molecule has 12 heavy (non-hydrogen) atoms. The molecule has 0 rings (SSSR count). The van der Waals surface area contributed by atoms with Crippen LogP contribution in [0, 0.1) is 0 Å². The summed E-state index contributed by atoms with van der Waals surface area (Å²) in [5, 5.41) is 7.42. The zero-order chi connectivity index (χ0) is 9.98. The molecule has 0 aromatic carbocycles. The van der Waals surface area contributed by atoms with Crippen molar-refractivity contribution < 1.29 is 31.0 Å². The monoisotopic (exact) mass is 211 g/mol. The van der Waals surface area contributed by atoms with Gasteiger partial charge in [0.2, 0.25) is 0 Å². The molecule has 0 aliphatic carbocycles. The molecule has 1 N–H and O–H groups in total. The van der Waals surface area contributed by atoms with E-state index >= 15 is 0 Å². The molecule has 0 spiro atoms. The van der Waals surface area contributed by atoms with E-state index in [0.717, 1.165) is 13.3 Å². The number of unbranched alkanes of at least 4 members (excludes halogenated alkanes) is 2. The summed E-state index contributed by atoms with van der Waals surface area (Å²) in [4.78, 5) is 19.3. The number of hydrogen-bond acceptors (Lipinski definition) is 2. The molecular weight excluding hydrogens is 196 g/mol. The van der Waals surface area contributed by atoms with Crippen molar-refractivity contribution in [2.24, 2.45) is 0 Å². The Kier molecular flexibility index (Phi) is 12.6. The molecule has 0 aromatic rings. The second kappa shape index (κ2) is 10.7. The zero-order valence-electron chi connectivity index (χ0n) is 7.50. The van der Waals surface area contributed by atoms with Crippen LogP contribution in [0.15, 0.2) is 0 Å². The van der Waals surface area contributed by atoms with Gasteiger partial charge >= 0.3 is 58.3 Å². The van der Waals surface area contributed by atoms with Crippen molar-refractivity contribution in [2.75, 3.05) is 0 Å². The molecule has 4 heteroatoms. The summed E-state index contributed by atoms with van der Waals surface area (Å²) in [5.41, 5.74) is 0. The van der Waals surface area contributed by atoms with E-state index in [-0.39, 0.29) is 4.65 Å².